The number of benzene rings is 1. The minimum absolute atomic E-state index is 0.523. The highest BCUT2D eigenvalue weighted by molar-refractivity contribution is 5.79. The smallest absolute Gasteiger partial charge is 0.134 e. The van der Waals surface area contributed by atoms with Crippen LogP contribution in [0.1, 0.15) is 19.6 Å². The fourth-order valence-corrected chi connectivity index (χ4v) is 1.61. The van der Waals surface area contributed by atoms with Gasteiger partial charge in [0, 0.05) is 12.0 Å². The molecule has 86 valence electrons. The van der Waals surface area contributed by atoms with Gasteiger partial charge < -0.3 is 13.9 Å². The van der Waals surface area contributed by atoms with Crippen LogP contribution in [0, 0.1) is 0 Å². The van der Waals surface area contributed by atoms with Crippen LogP contribution in [-0.4, -0.2) is 13.2 Å². The van der Waals surface area contributed by atoms with E-state index >= 15 is 0 Å². The summed E-state index contributed by atoms with van der Waals surface area (Å²) in [5, 5.41) is 1.06. The predicted octanol–water partition coefficient (Wildman–Crippen LogP) is 3.37. The van der Waals surface area contributed by atoms with Gasteiger partial charge in [0.15, 0.2) is 0 Å². The molecule has 0 atom stereocenters. The molecule has 0 aliphatic carbocycles. The van der Waals surface area contributed by atoms with E-state index in [4.69, 9.17) is 13.9 Å². The Hall–Kier alpha value is -1.48. The first-order valence-electron chi connectivity index (χ1n) is 5.56. The number of hydrogen-bond donors (Lipinski definition) is 0. The first-order chi connectivity index (χ1) is 7.83. The molecule has 16 heavy (non-hydrogen) atoms. The van der Waals surface area contributed by atoms with E-state index in [0.29, 0.717) is 19.8 Å². The van der Waals surface area contributed by atoms with Crippen LogP contribution in [0.25, 0.3) is 11.0 Å². The summed E-state index contributed by atoms with van der Waals surface area (Å²) in [5.74, 6) is 1.73. The lowest BCUT2D eigenvalue weighted by atomic mass is 10.2. The monoisotopic (exact) mass is 220 g/mol. The van der Waals surface area contributed by atoms with Gasteiger partial charge in [0.1, 0.15) is 23.7 Å². The highest BCUT2D eigenvalue weighted by atomic mass is 16.5. The summed E-state index contributed by atoms with van der Waals surface area (Å²) in [4.78, 5) is 0. The molecule has 0 amide bonds. The summed E-state index contributed by atoms with van der Waals surface area (Å²) in [6.07, 6.45) is 0. The van der Waals surface area contributed by atoms with Crippen LogP contribution in [0.5, 0.6) is 5.75 Å². The van der Waals surface area contributed by atoms with Crippen molar-refractivity contribution in [3.63, 3.8) is 0 Å². The van der Waals surface area contributed by atoms with E-state index in [1.807, 2.05) is 38.1 Å². The summed E-state index contributed by atoms with van der Waals surface area (Å²) in [7, 11) is 0. The third-order valence-corrected chi connectivity index (χ3v) is 2.30. The van der Waals surface area contributed by atoms with E-state index in [0.717, 1.165) is 22.5 Å². The number of fused-ring (bicyclic) bond motifs is 1. The zero-order valence-electron chi connectivity index (χ0n) is 9.66. The van der Waals surface area contributed by atoms with Crippen molar-refractivity contribution in [3.05, 3.63) is 30.0 Å². The van der Waals surface area contributed by atoms with E-state index in [-0.39, 0.29) is 0 Å². The SMILES string of the molecule is CCOCc1cc2cc(OCC)ccc2o1. The second kappa shape index (κ2) is 5.03. The van der Waals surface area contributed by atoms with Crippen molar-refractivity contribution in [2.45, 2.75) is 20.5 Å². The summed E-state index contributed by atoms with van der Waals surface area (Å²) < 4.78 is 16.4. The van der Waals surface area contributed by atoms with E-state index in [1.165, 1.54) is 0 Å². The lowest BCUT2D eigenvalue weighted by Gasteiger charge is -2.00. The number of rotatable bonds is 5. The van der Waals surface area contributed by atoms with E-state index in [2.05, 4.69) is 0 Å². The van der Waals surface area contributed by atoms with Crippen LogP contribution in [0.4, 0.5) is 0 Å². The van der Waals surface area contributed by atoms with Crippen LogP contribution < -0.4 is 4.74 Å². The Bertz CT molecular complexity index is 459. The summed E-state index contributed by atoms with van der Waals surface area (Å²) in [5.41, 5.74) is 0.873. The minimum Gasteiger partial charge on any atom is -0.494 e. The molecule has 1 heterocycles. The first kappa shape index (κ1) is 11.0. The highest BCUT2D eigenvalue weighted by Gasteiger charge is 2.04. The Morgan fingerprint density at radius 2 is 2.00 bits per heavy atom. The van der Waals surface area contributed by atoms with Gasteiger partial charge in [-0.15, -0.1) is 0 Å². The van der Waals surface area contributed by atoms with Crippen molar-refractivity contribution in [2.24, 2.45) is 0 Å². The second-order valence-electron chi connectivity index (χ2n) is 3.48. The fraction of sp³-hybridized carbons (Fsp3) is 0.385. The zero-order valence-corrected chi connectivity index (χ0v) is 9.66. The van der Waals surface area contributed by atoms with Gasteiger partial charge >= 0.3 is 0 Å². The molecule has 0 unspecified atom stereocenters. The van der Waals surface area contributed by atoms with Crippen molar-refractivity contribution in [1.29, 1.82) is 0 Å². The molecule has 0 aliphatic rings. The molecule has 0 saturated heterocycles. The van der Waals surface area contributed by atoms with Gasteiger partial charge in [-0.25, -0.2) is 0 Å². The Kier molecular flexibility index (Phi) is 3.47. The first-order valence-corrected chi connectivity index (χ1v) is 5.56. The van der Waals surface area contributed by atoms with Gasteiger partial charge in [0.2, 0.25) is 0 Å². The molecule has 2 aromatic rings. The van der Waals surface area contributed by atoms with Gasteiger partial charge in [-0.05, 0) is 38.1 Å². The van der Waals surface area contributed by atoms with Crippen molar-refractivity contribution in [2.75, 3.05) is 13.2 Å². The standard InChI is InChI=1S/C13H16O3/c1-3-14-9-12-8-10-7-11(15-4-2)5-6-13(10)16-12/h5-8H,3-4,9H2,1-2H3. The molecule has 0 fully saturated rings. The quantitative estimate of drug-likeness (QED) is 0.774. The van der Waals surface area contributed by atoms with E-state index < -0.39 is 0 Å². The molecular formula is C13H16O3. The second-order valence-corrected chi connectivity index (χ2v) is 3.48. The lowest BCUT2D eigenvalue weighted by Crippen LogP contribution is -1.89. The largest absolute Gasteiger partial charge is 0.494 e. The molecule has 2 rings (SSSR count). The van der Waals surface area contributed by atoms with Gasteiger partial charge in [-0.1, -0.05) is 0 Å². The maximum Gasteiger partial charge on any atom is 0.134 e. The summed E-state index contributed by atoms with van der Waals surface area (Å²) in [6.45, 7) is 5.83. The van der Waals surface area contributed by atoms with Gasteiger partial charge in [0.25, 0.3) is 0 Å². The number of furan rings is 1. The van der Waals surface area contributed by atoms with Crippen LogP contribution in [-0.2, 0) is 11.3 Å². The molecule has 1 aromatic heterocycles. The van der Waals surface area contributed by atoms with E-state index in [1.54, 1.807) is 0 Å². The van der Waals surface area contributed by atoms with Crippen molar-refractivity contribution < 1.29 is 13.9 Å². The Labute approximate surface area is 95.0 Å². The van der Waals surface area contributed by atoms with Crippen LogP contribution in [0.15, 0.2) is 28.7 Å². The molecule has 3 nitrogen and oxygen atoms in total. The molecule has 0 saturated carbocycles. The third kappa shape index (κ3) is 2.36. The highest BCUT2D eigenvalue weighted by Crippen LogP contribution is 2.24. The Morgan fingerprint density at radius 1 is 1.12 bits per heavy atom. The molecule has 0 bridgehead atoms. The Balaban J connectivity index is 2.23. The number of ether oxygens (including phenoxy) is 2. The normalized spacial score (nSPS) is 10.9. The topological polar surface area (TPSA) is 31.6 Å². The fourth-order valence-electron chi connectivity index (χ4n) is 1.61. The lowest BCUT2D eigenvalue weighted by molar-refractivity contribution is 0.119. The van der Waals surface area contributed by atoms with Gasteiger partial charge in [-0.2, -0.15) is 0 Å². The average molecular weight is 220 g/mol. The van der Waals surface area contributed by atoms with Crippen LogP contribution >= 0.6 is 0 Å². The molecular weight excluding hydrogens is 204 g/mol. The van der Waals surface area contributed by atoms with Gasteiger partial charge in [-0.3, -0.25) is 0 Å². The molecule has 3 heteroatoms. The third-order valence-electron chi connectivity index (χ3n) is 2.30. The van der Waals surface area contributed by atoms with Crippen molar-refractivity contribution in [3.8, 4) is 5.75 Å². The number of hydrogen-bond acceptors (Lipinski definition) is 3. The predicted molar refractivity (Wildman–Crippen MR) is 62.7 cm³/mol. The molecule has 0 spiro atoms. The molecule has 0 N–H and O–H groups in total. The van der Waals surface area contributed by atoms with Crippen LogP contribution in [0.2, 0.25) is 0 Å². The minimum atomic E-state index is 0.523. The summed E-state index contributed by atoms with van der Waals surface area (Å²) >= 11 is 0. The van der Waals surface area contributed by atoms with Crippen molar-refractivity contribution in [1.82, 2.24) is 0 Å². The maximum absolute atomic E-state index is 5.62. The zero-order chi connectivity index (χ0) is 11.4. The average Bonchev–Trinajstić information content (AvgIpc) is 2.68. The summed E-state index contributed by atoms with van der Waals surface area (Å²) in [6, 6.07) is 7.82. The Morgan fingerprint density at radius 3 is 2.75 bits per heavy atom. The van der Waals surface area contributed by atoms with Crippen LogP contribution in [0.3, 0.4) is 0 Å². The molecule has 1 aromatic carbocycles. The molecule has 0 radical (unpaired) electrons. The molecule has 0 aliphatic heterocycles. The van der Waals surface area contributed by atoms with E-state index in [9.17, 15) is 0 Å². The maximum atomic E-state index is 5.62. The van der Waals surface area contributed by atoms with Gasteiger partial charge in [0.05, 0.1) is 6.61 Å². The van der Waals surface area contributed by atoms with Crippen molar-refractivity contribution >= 4 is 11.0 Å².